The van der Waals surface area contributed by atoms with Gasteiger partial charge in [-0.1, -0.05) is 0 Å². The summed E-state index contributed by atoms with van der Waals surface area (Å²) in [6.07, 6.45) is 0.0400. The number of rotatable bonds is 8. The zero-order valence-electron chi connectivity index (χ0n) is 9.06. The molecule has 0 saturated heterocycles. The predicted molar refractivity (Wildman–Crippen MR) is 55.6 cm³/mol. The quantitative estimate of drug-likeness (QED) is 0.481. The minimum absolute atomic E-state index is 0.0117. The molecule has 0 aromatic carbocycles. The second-order valence-corrected chi connectivity index (χ2v) is 4.86. The van der Waals surface area contributed by atoms with Gasteiger partial charge in [0, 0.05) is 6.42 Å². The van der Waals surface area contributed by atoms with Crippen LogP contribution in [0.3, 0.4) is 0 Å². The van der Waals surface area contributed by atoms with Crippen molar-refractivity contribution in [3.63, 3.8) is 0 Å². The van der Waals surface area contributed by atoms with Crippen LogP contribution in [0.4, 0.5) is 0 Å². The highest BCUT2D eigenvalue weighted by atomic mass is 31.2. The second kappa shape index (κ2) is 7.82. The Morgan fingerprint density at radius 1 is 1.33 bits per heavy atom. The summed E-state index contributed by atoms with van der Waals surface area (Å²) in [5, 5.41) is 10.6. The normalized spacial score (nSPS) is 11.4. The summed E-state index contributed by atoms with van der Waals surface area (Å²) in [5.41, 5.74) is 0. The minimum Gasteiger partial charge on any atom is -0.377 e. The fourth-order valence-corrected chi connectivity index (χ4v) is 2.57. The number of carbonyl (C=O) groups is 1. The van der Waals surface area contributed by atoms with E-state index in [1.54, 1.807) is 13.8 Å². The molecule has 15 heavy (non-hydrogen) atoms. The van der Waals surface area contributed by atoms with E-state index in [0.29, 0.717) is 0 Å². The van der Waals surface area contributed by atoms with Crippen LogP contribution >= 0.6 is 7.60 Å². The zero-order chi connectivity index (χ0) is 11.7. The predicted octanol–water partition coefficient (Wildman–Crippen LogP) is 0.709. The van der Waals surface area contributed by atoms with Crippen LogP contribution in [0.15, 0.2) is 0 Å². The van der Waals surface area contributed by atoms with Crippen molar-refractivity contribution in [2.75, 3.05) is 26.1 Å². The van der Waals surface area contributed by atoms with Gasteiger partial charge in [-0.25, -0.2) is 0 Å². The highest BCUT2D eigenvalue weighted by molar-refractivity contribution is 7.53. The average Bonchev–Trinajstić information content (AvgIpc) is 2.16. The van der Waals surface area contributed by atoms with Crippen molar-refractivity contribution in [3.8, 4) is 0 Å². The van der Waals surface area contributed by atoms with Crippen LogP contribution in [-0.2, 0) is 18.4 Å². The van der Waals surface area contributed by atoms with Crippen LogP contribution in [0.2, 0.25) is 0 Å². The fourth-order valence-electron chi connectivity index (χ4n) is 0.975. The van der Waals surface area contributed by atoms with Gasteiger partial charge >= 0.3 is 7.60 Å². The molecule has 0 saturated carbocycles. The summed E-state index contributed by atoms with van der Waals surface area (Å²) in [4.78, 5) is 11.0. The molecule has 0 bridgehead atoms. The van der Waals surface area contributed by atoms with E-state index in [9.17, 15) is 9.36 Å². The molecule has 0 aromatic heterocycles. The number of carbonyl (C=O) groups excluding carboxylic acids is 1. The van der Waals surface area contributed by atoms with Crippen molar-refractivity contribution in [1.29, 1.82) is 0 Å². The highest BCUT2D eigenvalue weighted by Gasteiger charge is 2.24. The lowest BCUT2D eigenvalue weighted by atomic mass is 10.5. The first-order valence-electron chi connectivity index (χ1n) is 4.83. The molecule has 0 unspecified atom stereocenters. The van der Waals surface area contributed by atoms with Crippen LogP contribution in [0.1, 0.15) is 20.3 Å². The number of nitrogens with one attached hydrogen (secondary N) is 1. The maximum atomic E-state index is 11.8. The molecule has 0 aromatic rings. The van der Waals surface area contributed by atoms with E-state index in [1.807, 2.05) is 0 Å². The molecular formula is C8H18NO5P. The number of aliphatic hydroxyl groups excluding tert-OH is 1. The molecule has 1 amide bonds. The van der Waals surface area contributed by atoms with E-state index in [0.717, 1.165) is 0 Å². The lowest BCUT2D eigenvalue weighted by Crippen LogP contribution is -2.24. The Morgan fingerprint density at radius 2 is 1.87 bits per heavy atom. The molecule has 90 valence electrons. The molecule has 6 nitrogen and oxygen atoms in total. The van der Waals surface area contributed by atoms with Crippen LogP contribution < -0.4 is 5.32 Å². The van der Waals surface area contributed by atoms with Gasteiger partial charge in [-0.05, 0) is 13.8 Å². The summed E-state index contributed by atoms with van der Waals surface area (Å²) >= 11 is 0. The van der Waals surface area contributed by atoms with Gasteiger partial charge in [-0.3, -0.25) is 9.36 Å². The number of hydrogen-bond donors (Lipinski definition) is 2. The van der Waals surface area contributed by atoms with Gasteiger partial charge in [-0.2, -0.15) is 0 Å². The maximum Gasteiger partial charge on any atom is 0.331 e. The second-order valence-electron chi connectivity index (χ2n) is 2.68. The molecule has 0 heterocycles. The Kier molecular flexibility index (Phi) is 7.60. The molecule has 0 atom stereocenters. The number of hydrogen-bond acceptors (Lipinski definition) is 5. The van der Waals surface area contributed by atoms with Crippen LogP contribution in [0, 0.1) is 0 Å². The SMILES string of the molecule is CCOP(=O)(CCC(=O)NCO)OCC. The van der Waals surface area contributed by atoms with E-state index < -0.39 is 14.3 Å². The van der Waals surface area contributed by atoms with Gasteiger partial charge in [0.05, 0.1) is 19.4 Å². The average molecular weight is 239 g/mol. The largest absolute Gasteiger partial charge is 0.377 e. The number of aliphatic hydroxyl groups is 1. The van der Waals surface area contributed by atoms with E-state index >= 15 is 0 Å². The third kappa shape index (κ3) is 6.62. The number of amides is 1. The lowest BCUT2D eigenvalue weighted by molar-refractivity contribution is -0.121. The topological polar surface area (TPSA) is 84.9 Å². The Morgan fingerprint density at radius 3 is 2.27 bits per heavy atom. The molecule has 0 aliphatic carbocycles. The Balaban J connectivity index is 4.06. The lowest BCUT2D eigenvalue weighted by Gasteiger charge is -2.16. The molecule has 0 spiro atoms. The zero-order valence-corrected chi connectivity index (χ0v) is 9.96. The first-order chi connectivity index (χ1) is 7.08. The van der Waals surface area contributed by atoms with Gasteiger partial charge in [0.25, 0.3) is 0 Å². The highest BCUT2D eigenvalue weighted by Crippen LogP contribution is 2.48. The molecule has 0 aliphatic rings. The Labute approximate surface area is 89.5 Å². The van der Waals surface area contributed by atoms with Gasteiger partial charge in [0.15, 0.2) is 0 Å². The summed E-state index contributed by atoms with van der Waals surface area (Å²) < 4.78 is 21.8. The molecule has 0 aliphatic heterocycles. The standard InChI is InChI=1S/C8H18NO5P/c1-3-13-15(12,14-4-2)6-5-8(11)9-7-10/h10H,3-7H2,1-2H3,(H,9,11). The Bertz CT molecular complexity index is 223. The minimum atomic E-state index is -3.14. The Hall–Kier alpha value is -0.420. The van der Waals surface area contributed by atoms with E-state index in [1.165, 1.54) is 0 Å². The van der Waals surface area contributed by atoms with Crippen LogP contribution in [0.5, 0.6) is 0 Å². The smallest absolute Gasteiger partial charge is 0.331 e. The molecule has 0 rings (SSSR count). The van der Waals surface area contributed by atoms with E-state index in [4.69, 9.17) is 14.2 Å². The summed E-state index contributed by atoms with van der Waals surface area (Å²) in [7, 11) is -3.14. The van der Waals surface area contributed by atoms with Crippen molar-refractivity contribution >= 4 is 13.5 Å². The van der Waals surface area contributed by atoms with Crippen LogP contribution in [0.25, 0.3) is 0 Å². The van der Waals surface area contributed by atoms with Crippen molar-refractivity contribution in [1.82, 2.24) is 5.32 Å². The molecule has 0 radical (unpaired) electrons. The first kappa shape index (κ1) is 14.6. The van der Waals surface area contributed by atoms with E-state index in [2.05, 4.69) is 5.32 Å². The van der Waals surface area contributed by atoms with Gasteiger partial charge in [0.1, 0.15) is 6.73 Å². The first-order valence-corrected chi connectivity index (χ1v) is 6.56. The molecule has 7 heteroatoms. The molecule has 0 fully saturated rings. The molecule has 2 N–H and O–H groups in total. The fraction of sp³-hybridized carbons (Fsp3) is 0.875. The summed E-state index contributed by atoms with van der Waals surface area (Å²) in [6, 6.07) is 0. The monoisotopic (exact) mass is 239 g/mol. The molecular weight excluding hydrogens is 221 g/mol. The van der Waals surface area contributed by atoms with Crippen molar-refractivity contribution in [2.45, 2.75) is 20.3 Å². The van der Waals surface area contributed by atoms with Crippen molar-refractivity contribution in [3.05, 3.63) is 0 Å². The maximum absolute atomic E-state index is 11.8. The third-order valence-corrected chi connectivity index (χ3v) is 3.62. The van der Waals surface area contributed by atoms with Crippen LogP contribution in [-0.4, -0.2) is 37.1 Å². The van der Waals surface area contributed by atoms with Crippen molar-refractivity contribution < 1.29 is 23.5 Å². The van der Waals surface area contributed by atoms with E-state index in [-0.39, 0.29) is 31.7 Å². The summed E-state index contributed by atoms with van der Waals surface area (Å²) in [5.74, 6) is -0.378. The van der Waals surface area contributed by atoms with Gasteiger partial charge in [0.2, 0.25) is 5.91 Å². The van der Waals surface area contributed by atoms with Gasteiger partial charge in [-0.15, -0.1) is 0 Å². The third-order valence-electron chi connectivity index (χ3n) is 1.54. The van der Waals surface area contributed by atoms with Gasteiger partial charge < -0.3 is 19.5 Å². The van der Waals surface area contributed by atoms with Crippen molar-refractivity contribution in [2.24, 2.45) is 0 Å². The summed E-state index contributed by atoms with van der Waals surface area (Å²) in [6.45, 7) is 3.54.